The molecule has 2 heterocycles. The predicted octanol–water partition coefficient (Wildman–Crippen LogP) is 4.21. The smallest absolute Gasteiger partial charge is 0.109 e. The standard InChI is InChI=1S/C14H15BrN2/c1-10-4-2-7-14-16-13(9-17(10)14)11-5-3-6-12(15)8-11/h3,5-6,8-10H,2,4,7H2,1H3. The highest BCUT2D eigenvalue weighted by Gasteiger charge is 2.18. The van der Waals surface area contributed by atoms with Crippen LogP contribution in [0.15, 0.2) is 34.9 Å². The van der Waals surface area contributed by atoms with Gasteiger partial charge in [0.1, 0.15) is 5.82 Å². The molecular formula is C14H15BrN2. The molecule has 2 nitrogen and oxygen atoms in total. The summed E-state index contributed by atoms with van der Waals surface area (Å²) in [6, 6.07) is 8.93. The number of halogens is 1. The molecule has 1 aliphatic rings. The number of benzene rings is 1. The number of fused-ring (bicyclic) bond motifs is 1. The second kappa shape index (κ2) is 4.30. The van der Waals surface area contributed by atoms with Crippen LogP contribution in [0, 0.1) is 0 Å². The Labute approximate surface area is 110 Å². The highest BCUT2D eigenvalue weighted by Crippen LogP contribution is 2.29. The van der Waals surface area contributed by atoms with Crippen LogP contribution in [0.1, 0.15) is 31.6 Å². The van der Waals surface area contributed by atoms with Crippen LogP contribution in [0.2, 0.25) is 0 Å². The normalized spacial score (nSPS) is 19.1. The van der Waals surface area contributed by atoms with Crippen molar-refractivity contribution in [2.45, 2.75) is 32.2 Å². The summed E-state index contributed by atoms with van der Waals surface area (Å²) in [4.78, 5) is 4.75. The zero-order chi connectivity index (χ0) is 11.8. The summed E-state index contributed by atoms with van der Waals surface area (Å²) in [5, 5.41) is 0. The summed E-state index contributed by atoms with van der Waals surface area (Å²) in [6.07, 6.45) is 5.83. The predicted molar refractivity (Wildman–Crippen MR) is 73.0 cm³/mol. The first-order valence-electron chi connectivity index (χ1n) is 6.08. The molecule has 1 aromatic heterocycles. The van der Waals surface area contributed by atoms with Gasteiger partial charge in [0, 0.05) is 28.7 Å². The van der Waals surface area contributed by atoms with Crippen molar-refractivity contribution < 1.29 is 0 Å². The van der Waals surface area contributed by atoms with Crippen molar-refractivity contribution in [3.05, 3.63) is 40.8 Å². The van der Waals surface area contributed by atoms with E-state index >= 15 is 0 Å². The minimum Gasteiger partial charge on any atom is -0.331 e. The van der Waals surface area contributed by atoms with Crippen molar-refractivity contribution in [3.8, 4) is 11.3 Å². The molecule has 17 heavy (non-hydrogen) atoms. The molecule has 3 heteroatoms. The lowest BCUT2D eigenvalue weighted by atomic mass is 10.1. The first-order valence-corrected chi connectivity index (χ1v) is 6.87. The second-order valence-electron chi connectivity index (χ2n) is 4.70. The Kier molecular flexibility index (Phi) is 2.79. The van der Waals surface area contributed by atoms with Gasteiger partial charge in [-0.1, -0.05) is 28.1 Å². The van der Waals surface area contributed by atoms with Crippen molar-refractivity contribution >= 4 is 15.9 Å². The number of hydrogen-bond acceptors (Lipinski definition) is 1. The van der Waals surface area contributed by atoms with Crippen LogP contribution in [-0.4, -0.2) is 9.55 Å². The van der Waals surface area contributed by atoms with E-state index in [2.05, 4.69) is 51.8 Å². The van der Waals surface area contributed by atoms with E-state index in [0.29, 0.717) is 6.04 Å². The van der Waals surface area contributed by atoms with Gasteiger partial charge in [0.15, 0.2) is 0 Å². The molecule has 1 unspecified atom stereocenters. The molecule has 1 aliphatic heterocycles. The minimum atomic E-state index is 0.590. The van der Waals surface area contributed by atoms with Gasteiger partial charge < -0.3 is 4.57 Å². The van der Waals surface area contributed by atoms with E-state index in [1.54, 1.807) is 0 Å². The average Bonchev–Trinajstić information content (AvgIpc) is 2.74. The van der Waals surface area contributed by atoms with Gasteiger partial charge in [-0.05, 0) is 31.9 Å². The number of aromatic nitrogens is 2. The summed E-state index contributed by atoms with van der Waals surface area (Å²) >= 11 is 3.51. The Morgan fingerprint density at radius 2 is 2.29 bits per heavy atom. The topological polar surface area (TPSA) is 17.8 Å². The maximum Gasteiger partial charge on any atom is 0.109 e. The number of rotatable bonds is 1. The van der Waals surface area contributed by atoms with Crippen molar-refractivity contribution in [3.63, 3.8) is 0 Å². The molecule has 0 radical (unpaired) electrons. The van der Waals surface area contributed by atoms with E-state index < -0.39 is 0 Å². The van der Waals surface area contributed by atoms with Gasteiger partial charge in [-0.15, -0.1) is 0 Å². The number of hydrogen-bond donors (Lipinski definition) is 0. The molecule has 0 amide bonds. The molecule has 1 atom stereocenters. The van der Waals surface area contributed by atoms with E-state index in [0.717, 1.165) is 16.6 Å². The molecule has 0 saturated heterocycles. The Morgan fingerprint density at radius 1 is 1.41 bits per heavy atom. The summed E-state index contributed by atoms with van der Waals surface area (Å²) in [6.45, 7) is 2.27. The van der Waals surface area contributed by atoms with Gasteiger partial charge >= 0.3 is 0 Å². The van der Waals surface area contributed by atoms with Gasteiger partial charge in [0.2, 0.25) is 0 Å². The quantitative estimate of drug-likeness (QED) is 0.769. The SMILES string of the molecule is CC1CCCc2nc(-c3cccc(Br)c3)cn21. The third-order valence-electron chi connectivity index (χ3n) is 3.43. The largest absolute Gasteiger partial charge is 0.331 e. The van der Waals surface area contributed by atoms with Crippen LogP contribution in [0.4, 0.5) is 0 Å². The Balaban J connectivity index is 2.05. The fraction of sp³-hybridized carbons (Fsp3) is 0.357. The summed E-state index contributed by atoms with van der Waals surface area (Å²) in [5.41, 5.74) is 2.28. The van der Waals surface area contributed by atoms with Crippen molar-refractivity contribution in [1.29, 1.82) is 0 Å². The van der Waals surface area contributed by atoms with Crippen LogP contribution in [0.25, 0.3) is 11.3 Å². The van der Waals surface area contributed by atoms with Crippen molar-refractivity contribution in [2.24, 2.45) is 0 Å². The van der Waals surface area contributed by atoms with Gasteiger partial charge in [-0.2, -0.15) is 0 Å². The van der Waals surface area contributed by atoms with Crippen LogP contribution in [-0.2, 0) is 6.42 Å². The molecular weight excluding hydrogens is 276 g/mol. The molecule has 1 aromatic carbocycles. The van der Waals surface area contributed by atoms with E-state index in [1.807, 2.05) is 6.07 Å². The van der Waals surface area contributed by atoms with Gasteiger partial charge in [0.05, 0.1) is 5.69 Å². The maximum absolute atomic E-state index is 4.75. The third kappa shape index (κ3) is 2.04. The number of imidazole rings is 1. The van der Waals surface area contributed by atoms with Gasteiger partial charge in [0.25, 0.3) is 0 Å². The van der Waals surface area contributed by atoms with Gasteiger partial charge in [-0.3, -0.25) is 0 Å². The fourth-order valence-corrected chi connectivity index (χ4v) is 2.88. The van der Waals surface area contributed by atoms with Crippen molar-refractivity contribution in [1.82, 2.24) is 9.55 Å². The lowest BCUT2D eigenvalue weighted by molar-refractivity contribution is 0.426. The Hall–Kier alpha value is -1.09. The average molecular weight is 291 g/mol. The minimum absolute atomic E-state index is 0.590. The molecule has 0 bridgehead atoms. The third-order valence-corrected chi connectivity index (χ3v) is 3.92. The van der Waals surface area contributed by atoms with Gasteiger partial charge in [-0.25, -0.2) is 4.98 Å². The first kappa shape index (κ1) is 11.0. The molecule has 2 aromatic rings. The molecule has 0 spiro atoms. The molecule has 0 fully saturated rings. The number of aryl methyl sites for hydroxylation is 1. The van der Waals surface area contributed by atoms with Crippen molar-refractivity contribution in [2.75, 3.05) is 0 Å². The highest BCUT2D eigenvalue weighted by molar-refractivity contribution is 9.10. The molecule has 0 N–H and O–H groups in total. The number of nitrogens with zero attached hydrogens (tertiary/aromatic N) is 2. The van der Waals surface area contributed by atoms with E-state index in [9.17, 15) is 0 Å². The molecule has 88 valence electrons. The van der Waals surface area contributed by atoms with Crippen LogP contribution < -0.4 is 0 Å². The fourth-order valence-electron chi connectivity index (χ4n) is 2.48. The van der Waals surface area contributed by atoms with E-state index in [4.69, 9.17) is 4.98 Å². The zero-order valence-corrected chi connectivity index (χ0v) is 11.4. The zero-order valence-electron chi connectivity index (χ0n) is 9.86. The molecule has 3 rings (SSSR count). The second-order valence-corrected chi connectivity index (χ2v) is 5.62. The summed E-state index contributed by atoms with van der Waals surface area (Å²) in [7, 11) is 0. The Morgan fingerprint density at radius 3 is 3.06 bits per heavy atom. The highest BCUT2D eigenvalue weighted by atomic mass is 79.9. The van der Waals surface area contributed by atoms with E-state index in [1.165, 1.54) is 24.2 Å². The van der Waals surface area contributed by atoms with Crippen LogP contribution in [0.5, 0.6) is 0 Å². The van der Waals surface area contributed by atoms with Crippen LogP contribution >= 0.6 is 15.9 Å². The van der Waals surface area contributed by atoms with Crippen LogP contribution in [0.3, 0.4) is 0 Å². The summed E-state index contributed by atoms with van der Waals surface area (Å²) in [5.74, 6) is 1.23. The monoisotopic (exact) mass is 290 g/mol. The lowest BCUT2D eigenvalue weighted by Crippen LogP contribution is -2.14. The maximum atomic E-state index is 4.75. The lowest BCUT2D eigenvalue weighted by Gasteiger charge is -2.20. The molecule has 0 aliphatic carbocycles. The summed E-state index contributed by atoms with van der Waals surface area (Å²) < 4.78 is 3.44. The first-order chi connectivity index (χ1) is 8.24. The Bertz CT molecular complexity index is 545. The van der Waals surface area contributed by atoms with E-state index in [-0.39, 0.29) is 0 Å². The molecule has 0 saturated carbocycles.